The highest BCUT2D eigenvalue weighted by Crippen LogP contribution is 2.24. The monoisotopic (exact) mass is 325 g/mol. The highest BCUT2D eigenvalue weighted by Gasteiger charge is 2.20. The summed E-state index contributed by atoms with van der Waals surface area (Å²) in [5.41, 5.74) is 3.05. The Morgan fingerprint density at radius 2 is 1.87 bits per heavy atom. The summed E-state index contributed by atoms with van der Waals surface area (Å²) in [5.74, 6) is 0.0966. The minimum absolute atomic E-state index is 0.0966. The number of aromatic amines is 1. The lowest BCUT2D eigenvalue weighted by Gasteiger charge is -2.20. The molecule has 1 atom stereocenters. The quantitative estimate of drug-likeness (QED) is 0.728. The number of H-pyrrole nitrogens is 1. The van der Waals surface area contributed by atoms with Gasteiger partial charge < -0.3 is 9.88 Å². The number of hydrogen-bond acceptors (Lipinski definition) is 3. The molecule has 0 spiro atoms. The first kappa shape index (κ1) is 15.6. The zero-order valence-electron chi connectivity index (χ0n) is 13.2. The van der Waals surface area contributed by atoms with E-state index < -0.39 is 0 Å². The zero-order chi connectivity index (χ0) is 16.2. The van der Waals surface area contributed by atoms with Gasteiger partial charge in [0, 0.05) is 13.6 Å². The van der Waals surface area contributed by atoms with E-state index in [1.807, 2.05) is 68.6 Å². The Morgan fingerprint density at radius 1 is 1.17 bits per heavy atom. The van der Waals surface area contributed by atoms with Crippen LogP contribution in [0, 0.1) is 0 Å². The average molecular weight is 325 g/mol. The van der Waals surface area contributed by atoms with Crippen molar-refractivity contribution >= 4 is 28.7 Å². The fourth-order valence-corrected chi connectivity index (χ4v) is 3.38. The van der Waals surface area contributed by atoms with Crippen molar-refractivity contribution < 1.29 is 4.79 Å². The van der Waals surface area contributed by atoms with Gasteiger partial charge in [-0.3, -0.25) is 4.79 Å². The normalized spacial score (nSPS) is 12.3. The molecule has 0 radical (unpaired) electrons. The first-order chi connectivity index (χ1) is 11.1. The van der Waals surface area contributed by atoms with E-state index in [4.69, 9.17) is 0 Å². The summed E-state index contributed by atoms with van der Waals surface area (Å²) in [6.07, 6.45) is 0. The Hall–Kier alpha value is -2.27. The number of nitrogens with zero attached hydrogens (tertiary/aromatic N) is 2. The van der Waals surface area contributed by atoms with Crippen molar-refractivity contribution in [1.82, 2.24) is 14.9 Å². The molecular weight excluding hydrogens is 306 g/mol. The van der Waals surface area contributed by atoms with E-state index >= 15 is 0 Å². The molecular formula is C18H19N3OS. The van der Waals surface area contributed by atoms with Crippen LogP contribution in [0.2, 0.25) is 0 Å². The summed E-state index contributed by atoms with van der Waals surface area (Å²) in [7, 11) is 1.84. The maximum atomic E-state index is 12.5. The average Bonchev–Trinajstić information content (AvgIpc) is 2.97. The number of para-hydroxylation sites is 2. The lowest BCUT2D eigenvalue weighted by molar-refractivity contribution is -0.129. The van der Waals surface area contributed by atoms with Crippen molar-refractivity contribution in [3.05, 3.63) is 60.2 Å². The molecule has 23 heavy (non-hydrogen) atoms. The molecule has 0 aliphatic rings. The van der Waals surface area contributed by atoms with Crippen LogP contribution in [0.4, 0.5) is 0 Å². The molecule has 0 aliphatic heterocycles. The maximum Gasteiger partial charge on any atom is 0.235 e. The number of nitrogens with one attached hydrogen (secondary N) is 1. The highest BCUT2D eigenvalue weighted by atomic mass is 32.2. The van der Waals surface area contributed by atoms with E-state index in [9.17, 15) is 4.79 Å². The van der Waals surface area contributed by atoms with E-state index in [1.54, 1.807) is 4.90 Å². The molecule has 0 aliphatic carbocycles. The Balaban J connectivity index is 1.64. The molecule has 0 saturated carbocycles. The molecule has 1 unspecified atom stereocenters. The molecule has 118 valence electrons. The molecule has 3 aromatic rings. The summed E-state index contributed by atoms with van der Waals surface area (Å²) in [5, 5.41) is 0.587. The fraction of sp³-hybridized carbons (Fsp3) is 0.222. The first-order valence-corrected chi connectivity index (χ1v) is 8.42. The molecule has 0 fully saturated rings. The molecule has 3 rings (SSSR count). The van der Waals surface area contributed by atoms with E-state index in [0.717, 1.165) is 21.8 Å². The van der Waals surface area contributed by atoms with Gasteiger partial charge in [-0.2, -0.15) is 0 Å². The van der Waals surface area contributed by atoms with Gasteiger partial charge in [0.1, 0.15) is 0 Å². The number of rotatable bonds is 5. The summed E-state index contributed by atoms with van der Waals surface area (Å²) >= 11 is 1.46. The van der Waals surface area contributed by atoms with Gasteiger partial charge in [0.05, 0.1) is 16.3 Å². The van der Waals surface area contributed by atoms with Crippen molar-refractivity contribution in [2.24, 2.45) is 0 Å². The van der Waals surface area contributed by atoms with Crippen LogP contribution >= 0.6 is 11.8 Å². The van der Waals surface area contributed by atoms with Gasteiger partial charge in [0.25, 0.3) is 0 Å². The third-order valence-electron chi connectivity index (χ3n) is 3.64. The van der Waals surface area contributed by atoms with Crippen LogP contribution in [0.15, 0.2) is 59.8 Å². The second-order valence-corrected chi connectivity index (χ2v) is 6.83. The molecule has 1 amide bonds. The van der Waals surface area contributed by atoms with E-state index in [0.29, 0.717) is 6.54 Å². The number of carbonyl (C=O) groups excluding carboxylic acids is 1. The van der Waals surface area contributed by atoms with Crippen molar-refractivity contribution in [3.8, 4) is 0 Å². The second kappa shape index (κ2) is 6.87. The van der Waals surface area contributed by atoms with E-state index in [1.165, 1.54) is 11.8 Å². The number of amides is 1. The lowest BCUT2D eigenvalue weighted by Crippen LogP contribution is -2.32. The van der Waals surface area contributed by atoms with Gasteiger partial charge in [-0.05, 0) is 24.6 Å². The molecule has 1 heterocycles. The number of imidazole rings is 1. The standard InChI is InChI=1S/C18H19N3OS/c1-13(17(22)21(2)12-14-8-4-3-5-9-14)23-18-19-15-10-6-7-11-16(15)20-18/h3-11,13H,12H2,1-2H3,(H,19,20). The predicted molar refractivity (Wildman–Crippen MR) is 94.3 cm³/mol. The van der Waals surface area contributed by atoms with Crippen LogP contribution in [-0.4, -0.2) is 33.1 Å². The van der Waals surface area contributed by atoms with Crippen LogP contribution in [0.25, 0.3) is 11.0 Å². The Bertz CT molecular complexity index is 767. The van der Waals surface area contributed by atoms with Gasteiger partial charge in [-0.25, -0.2) is 4.98 Å². The van der Waals surface area contributed by atoms with Crippen molar-refractivity contribution in [3.63, 3.8) is 0 Å². The number of hydrogen-bond donors (Lipinski definition) is 1. The Labute approximate surface area is 139 Å². The van der Waals surface area contributed by atoms with Crippen LogP contribution in [-0.2, 0) is 11.3 Å². The number of aromatic nitrogens is 2. The van der Waals surface area contributed by atoms with Gasteiger partial charge in [0.15, 0.2) is 5.16 Å². The van der Waals surface area contributed by atoms with Crippen LogP contribution in [0.5, 0.6) is 0 Å². The topological polar surface area (TPSA) is 49.0 Å². The van der Waals surface area contributed by atoms with E-state index in [-0.39, 0.29) is 11.2 Å². The van der Waals surface area contributed by atoms with Crippen LogP contribution in [0.3, 0.4) is 0 Å². The highest BCUT2D eigenvalue weighted by molar-refractivity contribution is 8.00. The van der Waals surface area contributed by atoms with Crippen molar-refractivity contribution in [2.45, 2.75) is 23.9 Å². The predicted octanol–water partition coefficient (Wildman–Crippen LogP) is 3.70. The lowest BCUT2D eigenvalue weighted by atomic mass is 10.2. The van der Waals surface area contributed by atoms with Gasteiger partial charge in [-0.1, -0.05) is 54.2 Å². The van der Waals surface area contributed by atoms with Crippen LogP contribution in [0.1, 0.15) is 12.5 Å². The van der Waals surface area contributed by atoms with Crippen molar-refractivity contribution in [2.75, 3.05) is 7.05 Å². The minimum atomic E-state index is -0.190. The molecule has 4 nitrogen and oxygen atoms in total. The van der Waals surface area contributed by atoms with Gasteiger partial charge in [0.2, 0.25) is 5.91 Å². The smallest absolute Gasteiger partial charge is 0.235 e. The number of benzene rings is 2. The molecule has 1 aromatic heterocycles. The number of thioether (sulfide) groups is 1. The summed E-state index contributed by atoms with van der Waals surface area (Å²) in [4.78, 5) is 22.1. The first-order valence-electron chi connectivity index (χ1n) is 7.54. The maximum absolute atomic E-state index is 12.5. The van der Waals surface area contributed by atoms with Crippen molar-refractivity contribution in [1.29, 1.82) is 0 Å². The molecule has 5 heteroatoms. The Kier molecular flexibility index (Phi) is 4.67. The Morgan fingerprint density at radius 3 is 2.61 bits per heavy atom. The summed E-state index contributed by atoms with van der Waals surface area (Å²) in [6.45, 7) is 2.53. The number of fused-ring (bicyclic) bond motifs is 1. The fourth-order valence-electron chi connectivity index (χ4n) is 2.45. The summed E-state index contributed by atoms with van der Waals surface area (Å²) in [6, 6.07) is 17.9. The molecule has 0 saturated heterocycles. The van der Waals surface area contributed by atoms with Gasteiger partial charge >= 0.3 is 0 Å². The second-order valence-electron chi connectivity index (χ2n) is 5.50. The molecule has 2 aromatic carbocycles. The zero-order valence-corrected chi connectivity index (χ0v) is 14.0. The molecule has 1 N–H and O–H groups in total. The summed E-state index contributed by atoms with van der Waals surface area (Å²) < 4.78 is 0. The SMILES string of the molecule is CC(Sc1nc2ccccc2[nH]1)C(=O)N(C)Cc1ccccc1. The van der Waals surface area contributed by atoms with Crippen LogP contribution < -0.4 is 0 Å². The minimum Gasteiger partial charge on any atom is -0.340 e. The number of carbonyl (C=O) groups is 1. The van der Waals surface area contributed by atoms with E-state index in [2.05, 4.69) is 9.97 Å². The van der Waals surface area contributed by atoms with Gasteiger partial charge in [-0.15, -0.1) is 0 Å². The largest absolute Gasteiger partial charge is 0.340 e. The molecule has 0 bridgehead atoms. The third kappa shape index (κ3) is 3.74. The third-order valence-corrected chi connectivity index (χ3v) is 4.61.